The molecule has 5 nitrogen and oxygen atoms in total. The summed E-state index contributed by atoms with van der Waals surface area (Å²) >= 11 is 1.49. The van der Waals surface area contributed by atoms with E-state index in [1.165, 1.54) is 11.3 Å². The summed E-state index contributed by atoms with van der Waals surface area (Å²) in [6.07, 6.45) is 3.43. The average molecular weight is 277 g/mol. The second kappa shape index (κ2) is 6.75. The van der Waals surface area contributed by atoms with E-state index < -0.39 is 0 Å². The van der Waals surface area contributed by atoms with Crippen molar-refractivity contribution < 1.29 is 9.47 Å². The molecule has 0 radical (unpaired) electrons. The van der Waals surface area contributed by atoms with Gasteiger partial charge in [0.25, 0.3) is 0 Å². The van der Waals surface area contributed by atoms with Gasteiger partial charge in [-0.2, -0.15) is 5.10 Å². The normalized spacial score (nSPS) is 10.6. The highest BCUT2D eigenvalue weighted by atomic mass is 32.1. The summed E-state index contributed by atoms with van der Waals surface area (Å²) in [4.78, 5) is 4.07. The Balaban J connectivity index is 2.06. The van der Waals surface area contributed by atoms with E-state index in [9.17, 15) is 0 Å². The number of hydrazone groups is 1. The first-order valence-corrected chi connectivity index (χ1v) is 6.71. The quantitative estimate of drug-likeness (QED) is 0.651. The van der Waals surface area contributed by atoms with Crippen molar-refractivity contribution >= 4 is 22.7 Å². The van der Waals surface area contributed by atoms with Gasteiger partial charge in [-0.15, -0.1) is 11.3 Å². The van der Waals surface area contributed by atoms with E-state index in [2.05, 4.69) is 15.5 Å². The molecule has 2 aromatic rings. The molecule has 1 aromatic heterocycles. The first-order chi connectivity index (χ1) is 9.33. The molecule has 0 saturated heterocycles. The number of rotatable bonds is 6. The van der Waals surface area contributed by atoms with Crippen LogP contribution in [0.2, 0.25) is 0 Å². The van der Waals surface area contributed by atoms with Crippen LogP contribution in [0.15, 0.2) is 34.9 Å². The number of hydrogen-bond donors (Lipinski definition) is 1. The standard InChI is InChI=1S/C13H15N3O2S/c1-3-18-11-5-4-10(8-12(11)17-2)9-15-16-13-14-6-7-19-13/h4-9H,3H2,1-2H3,(H,14,16). The molecule has 1 N–H and O–H groups in total. The van der Waals surface area contributed by atoms with Crippen LogP contribution in [0.4, 0.5) is 5.13 Å². The van der Waals surface area contributed by atoms with Gasteiger partial charge in [0, 0.05) is 11.6 Å². The average Bonchev–Trinajstić information content (AvgIpc) is 2.94. The molecule has 100 valence electrons. The van der Waals surface area contributed by atoms with Crippen LogP contribution in [0.5, 0.6) is 11.5 Å². The molecule has 0 atom stereocenters. The van der Waals surface area contributed by atoms with Crippen molar-refractivity contribution in [2.45, 2.75) is 6.92 Å². The van der Waals surface area contributed by atoms with E-state index in [1.54, 1.807) is 19.5 Å². The Kier molecular flexibility index (Phi) is 4.74. The summed E-state index contributed by atoms with van der Waals surface area (Å²) in [7, 11) is 1.62. The third-order valence-corrected chi connectivity index (χ3v) is 2.97. The molecule has 0 bridgehead atoms. The summed E-state index contributed by atoms with van der Waals surface area (Å²) < 4.78 is 10.7. The summed E-state index contributed by atoms with van der Waals surface area (Å²) in [6.45, 7) is 2.54. The van der Waals surface area contributed by atoms with Gasteiger partial charge >= 0.3 is 0 Å². The van der Waals surface area contributed by atoms with Crippen molar-refractivity contribution in [1.82, 2.24) is 4.98 Å². The van der Waals surface area contributed by atoms with E-state index in [0.29, 0.717) is 12.4 Å². The Labute approximate surface area is 115 Å². The number of nitrogens with one attached hydrogen (secondary N) is 1. The van der Waals surface area contributed by atoms with Crippen LogP contribution in [0.1, 0.15) is 12.5 Å². The van der Waals surface area contributed by atoms with Crippen LogP contribution in [0.25, 0.3) is 0 Å². The van der Waals surface area contributed by atoms with Gasteiger partial charge in [-0.1, -0.05) is 0 Å². The Morgan fingerprint density at radius 2 is 2.32 bits per heavy atom. The lowest BCUT2D eigenvalue weighted by Gasteiger charge is -2.09. The van der Waals surface area contributed by atoms with Gasteiger partial charge in [-0.3, -0.25) is 5.43 Å². The zero-order chi connectivity index (χ0) is 13.5. The second-order valence-corrected chi connectivity index (χ2v) is 4.45. The van der Waals surface area contributed by atoms with Crippen molar-refractivity contribution in [2.24, 2.45) is 5.10 Å². The van der Waals surface area contributed by atoms with Gasteiger partial charge in [0.15, 0.2) is 11.5 Å². The Hall–Kier alpha value is -2.08. The second-order valence-electron chi connectivity index (χ2n) is 3.55. The lowest BCUT2D eigenvalue weighted by atomic mass is 10.2. The van der Waals surface area contributed by atoms with Gasteiger partial charge in [0.2, 0.25) is 5.13 Å². The molecule has 1 aromatic carbocycles. The van der Waals surface area contributed by atoms with Crippen LogP contribution in [-0.2, 0) is 0 Å². The monoisotopic (exact) mass is 277 g/mol. The fraction of sp³-hybridized carbons (Fsp3) is 0.231. The van der Waals surface area contributed by atoms with Gasteiger partial charge < -0.3 is 9.47 Å². The number of nitrogens with zero attached hydrogens (tertiary/aromatic N) is 2. The number of hydrogen-bond acceptors (Lipinski definition) is 6. The third-order valence-electron chi connectivity index (χ3n) is 2.29. The fourth-order valence-electron chi connectivity index (χ4n) is 1.48. The number of anilines is 1. The fourth-order valence-corrected chi connectivity index (χ4v) is 1.96. The van der Waals surface area contributed by atoms with Crippen LogP contribution >= 0.6 is 11.3 Å². The smallest absolute Gasteiger partial charge is 0.203 e. The topological polar surface area (TPSA) is 55.7 Å². The Bertz CT molecular complexity index is 541. The molecule has 0 amide bonds. The van der Waals surface area contributed by atoms with Crippen LogP contribution in [-0.4, -0.2) is 24.9 Å². The maximum Gasteiger partial charge on any atom is 0.203 e. The van der Waals surface area contributed by atoms with E-state index in [1.807, 2.05) is 30.5 Å². The van der Waals surface area contributed by atoms with E-state index in [0.717, 1.165) is 16.4 Å². The first-order valence-electron chi connectivity index (χ1n) is 5.83. The van der Waals surface area contributed by atoms with Crippen molar-refractivity contribution in [3.8, 4) is 11.5 Å². The van der Waals surface area contributed by atoms with Crippen molar-refractivity contribution in [3.05, 3.63) is 35.3 Å². The third kappa shape index (κ3) is 3.69. The Morgan fingerprint density at radius 3 is 3.00 bits per heavy atom. The van der Waals surface area contributed by atoms with Gasteiger partial charge in [-0.25, -0.2) is 4.98 Å². The summed E-state index contributed by atoms with van der Waals surface area (Å²) in [5.74, 6) is 1.43. The molecule has 0 fully saturated rings. The molecular weight excluding hydrogens is 262 g/mol. The van der Waals surface area contributed by atoms with Crippen molar-refractivity contribution in [3.63, 3.8) is 0 Å². The highest BCUT2D eigenvalue weighted by molar-refractivity contribution is 7.13. The van der Waals surface area contributed by atoms with Gasteiger partial charge in [-0.05, 0) is 30.7 Å². The van der Waals surface area contributed by atoms with Crippen LogP contribution in [0, 0.1) is 0 Å². The van der Waals surface area contributed by atoms with Crippen molar-refractivity contribution in [2.75, 3.05) is 19.1 Å². The van der Waals surface area contributed by atoms with Gasteiger partial charge in [0.05, 0.1) is 19.9 Å². The molecule has 0 unspecified atom stereocenters. The zero-order valence-electron chi connectivity index (χ0n) is 10.8. The molecule has 0 aliphatic carbocycles. The van der Waals surface area contributed by atoms with Gasteiger partial charge in [0.1, 0.15) is 0 Å². The molecule has 6 heteroatoms. The van der Waals surface area contributed by atoms with Crippen molar-refractivity contribution in [1.29, 1.82) is 0 Å². The van der Waals surface area contributed by atoms with Crippen LogP contribution < -0.4 is 14.9 Å². The predicted molar refractivity (Wildman–Crippen MR) is 77.5 cm³/mol. The highest BCUT2D eigenvalue weighted by Gasteiger charge is 2.03. The van der Waals surface area contributed by atoms with E-state index in [-0.39, 0.29) is 0 Å². The molecule has 0 spiro atoms. The molecular formula is C13H15N3O2S. The molecule has 0 saturated carbocycles. The summed E-state index contributed by atoms with van der Waals surface area (Å²) in [5, 5.41) is 6.76. The lowest BCUT2D eigenvalue weighted by molar-refractivity contribution is 0.311. The maximum absolute atomic E-state index is 5.45. The number of methoxy groups -OCH3 is 1. The lowest BCUT2D eigenvalue weighted by Crippen LogP contribution is -1.96. The first kappa shape index (κ1) is 13.4. The minimum atomic E-state index is 0.607. The molecule has 1 heterocycles. The number of ether oxygens (including phenoxy) is 2. The highest BCUT2D eigenvalue weighted by Crippen LogP contribution is 2.27. The van der Waals surface area contributed by atoms with E-state index >= 15 is 0 Å². The number of benzene rings is 1. The molecule has 0 aliphatic rings. The largest absolute Gasteiger partial charge is 0.493 e. The SMILES string of the molecule is CCOc1ccc(C=NNc2nccs2)cc1OC. The minimum absolute atomic E-state index is 0.607. The zero-order valence-corrected chi connectivity index (χ0v) is 11.6. The molecule has 19 heavy (non-hydrogen) atoms. The number of aromatic nitrogens is 1. The summed E-state index contributed by atoms with van der Waals surface area (Å²) in [6, 6.07) is 5.66. The molecule has 0 aliphatic heterocycles. The Morgan fingerprint density at radius 1 is 1.42 bits per heavy atom. The van der Waals surface area contributed by atoms with E-state index in [4.69, 9.17) is 9.47 Å². The summed E-state index contributed by atoms with van der Waals surface area (Å²) in [5.41, 5.74) is 3.78. The van der Waals surface area contributed by atoms with Crippen LogP contribution in [0.3, 0.4) is 0 Å². The molecule has 2 rings (SSSR count). The minimum Gasteiger partial charge on any atom is -0.493 e. The number of thiazole rings is 1. The maximum atomic E-state index is 5.45. The predicted octanol–water partition coefficient (Wildman–Crippen LogP) is 3.00.